The molecule has 1 aliphatic rings. The fourth-order valence-electron chi connectivity index (χ4n) is 3.54. The second-order valence-electron chi connectivity index (χ2n) is 6.81. The van der Waals surface area contributed by atoms with Crippen LogP contribution in [-0.4, -0.2) is 25.5 Å². The molecule has 1 heterocycles. The van der Waals surface area contributed by atoms with Gasteiger partial charge in [0.1, 0.15) is 0 Å². The van der Waals surface area contributed by atoms with Crippen LogP contribution in [0.1, 0.15) is 30.0 Å². The van der Waals surface area contributed by atoms with E-state index in [1.54, 1.807) is 12.0 Å². The molecule has 1 unspecified atom stereocenters. The zero-order chi connectivity index (χ0) is 19.2. The molecule has 2 aromatic carbocycles. The van der Waals surface area contributed by atoms with E-state index in [2.05, 4.69) is 12.2 Å². The van der Waals surface area contributed by atoms with Gasteiger partial charge in [-0.05, 0) is 29.2 Å². The van der Waals surface area contributed by atoms with Crippen LogP contribution in [0.4, 0.5) is 5.69 Å². The van der Waals surface area contributed by atoms with E-state index in [1.807, 2.05) is 48.5 Å². The van der Waals surface area contributed by atoms with Crippen molar-refractivity contribution in [1.29, 1.82) is 0 Å². The molecule has 2 aromatic rings. The summed E-state index contributed by atoms with van der Waals surface area (Å²) in [4.78, 5) is 26.9. The first kappa shape index (κ1) is 19.1. The number of rotatable bonds is 7. The topological polar surface area (TPSA) is 58.6 Å². The van der Waals surface area contributed by atoms with Crippen molar-refractivity contribution < 1.29 is 14.3 Å². The van der Waals surface area contributed by atoms with E-state index in [4.69, 9.17) is 4.74 Å². The highest BCUT2D eigenvalue weighted by atomic mass is 16.5. The lowest BCUT2D eigenvalue weighted by Crippen LogP contribution is -2.33. The summed E-state index contributed by atoms with van der Waals surface area (Å²) in [6.45, 7) is 3.45. The second kappa shape index (κ2) is 8.82. The van der Waals surface area contributed by atoms with Gasteiger partial charge in [0, 0.05) is 32.3 Å². The molecule has 1 aliphatic heterocycles. The number of hydrogen-bond acceptors (Lipinski definition) is 3. The summed E-state index contributed by atoms with van der Waals surface area (Å²) in [5, 5.41) is 2.99. The summed E-state index contributed by atoms with van der Waals surface area (Å²) in [7, 11) is 1.65. The molecule has 1 atom stereocenters. The van der Waals surface area contributed by atoms with Crippen LogP contribution >= 0.6 is 0 Å². The van der Waals surface area contributed by atoms with Gasteiger partial charge in [-0.2, -0.15) is 0 Å². The molecule has 0 aromatic heterocycles. The van der Waals surface area contributed by atoms with Gasteiger partial charge in [0.2, 0.25) is 11.8 Å². The van der Waals surface area contributed by atoms with Crippen molar-refractivity contribution >= 4 is 17.5 Å². The number of amides is 2. The van der Waals surface area contributed by atoms with Crippen molar-refractivity contribution in [2.75, 3.05) is 18.6 Å². The van der Waals surface area contributed by atoms with E-state index in [-0.39, 0.29) is 24.2 Å². The summed E-state index contributed by atoms with van der Waals surface area (Å²) in [6, 6.07) is 15.8. The van der Waals surface area contributed by atoms with Gasteiger partial charge in [0.05, 0.1) is 12.5 Å². The third-order valence-electron chi connectivity index (χ3n) is 5.03. The Balaban J connectivity index is 1.64. The third-order valence-corrected chi connectivity index (χ3v) is 5.03. The fourth-order valence-corrected chi connectivity index (χ4v) is 3.54. The molecular weight excluding hydrogens is 340 g/mol. The third kappa shape index (κ3) is 4.37. The van der Waals surface area contributed by atoms with Crippen LogP contribution in [0.25, 0.3) is 0 Å². The highest BCUT2D eigenvalue weighted by molar-refractivity contribution is 6.00. The Morgan fingerprint density at radius 3 is 2.48 bits per heavy atom. The van der Waals surface area contributed by atoms with E-state index in [0.717, 1.165) is 28.8 Å². The van der Waals surface area contributed by atoms with Crippen LogP contribution in [0.2, 0.25) is 0 Å². The number of benzene rings is 2. The Kier molecular flexibility index (Phi) is 6.24. The van der Waals surface area contributed by atoms with Crippen molar-refractivity contribution in [3.8, 4) is 0 Å². The standard InChI is InChI=1S/C22H26N2O3/c1-3-16-8-6-7-11-20(16)24-14-19(12-21(24)25)22(26)23-13-17-9-4-5-10-18(17)15-27-2/h4-11,19H,3,12-15H2,1-2H3,(H,23,26). The normalized spacial score (nSPS) is 16.6. The smallest absolute Gasteiger partial charge is 0.227 e. The molecule has 1 N–H and O–H groups in total. The first-order valence-electron chi connectivity index (χ1n) is 9.35. The number of carbonyl (C=O) groups is 2. The number of ether oxygens (including phenoxy) is 1. The van der Waals surface area contributed by atoms with E-state index in [0.29, 0.717) is 19.7 Å². The summed E-state index contributed by atoms with van der Waals surface area (Å²) in [6.07, 6.45) is 1.11. The number of methoxy groups -OCH3 is 1. The summed E-state index contributed by atoms with van der Waals surface area (Å²) >= 11 is 0. The Morgan fingerprint density at radius 1 is 1.11 bits per heavy atom. The summed E-state index contributed by atoms with van der Waals surface area (Å²) in [5.74, 6) is -0.389. The first-order valence-corrected chi connectivity index (χ1v) is 9.35. The Bertz CT molecular complexity index is 819. The summed E-state index contributed by atoms with van der Waals surface area (Å²) in [5.41, 5.74) is 4.14. The molecule has 0 aliphatic carbocycles. The quantitative estimate of drug-likeness (QED) is 0.819. The number of nitrogens with zero attached hydrogens (tertiary/aromatic N) is 1. The Morgan fingerprint density at radius 2 is 1.78 bits per heavy atom. The van der Waals surface area contributed by atoms with Crippen LogP contribution in [0.15, 0.2) is 48.5 Å². The molecule has 0 saturated carbocycles. The lowest BCUT2D eigenvalue weighted by atomic mass is 10.1. The van der Waals surface area contributed by atoms with Crippen LogP contribution in [0.3, 0.4) is 0 Å². The number of anilines is 1. The largest absolute Gasteiger partial charge is 0.380 e. The van der Waals surface area contributed by atoms with Gasteiger partial charge in [-0.15, -0.1) is 0 Å². The highest BCUT2D eigenvalue weighted by Crippen LogP contribution is 2.28. The zero-order valence-corrected chi connectivity index (χ0v) is 15.9. The van der Waals surface area contributed by atoms with Gasteiger partial charge < -0.3 is 15.0 Å². The molecule has 1 fully saturated rings. The maximum absolute atomic E-state index is 12.6. The molecular formula is C22H26N2O3. The van der Waals surface area contributed by atoms with E-state index in [1.165, 1.54) is 0 Å². The number of hydrogen-bond donors (Lipinski definition) is 1. The molecule has 0 radical (unpaired) electrons. The highest BCUT2D eigenvalue weighted by Gasteiger charge is 2.35. The van der Waals surface area contributed by atoms with Gasteiger partial charge in [-0.3, -0.25) is 9.59 Å². The van der Waals surface area contributed by atoms with Gasteiger partial charge in [0.15, 0.2) is 0 Å². The predicted octanol–water partition coefficient (Wildman–Crippen LogP) is 3.06. The van der Waals surface area contributed by atoms with Crippen molar-refractivity contribution in [3.05, 3.63) is 65.2 Å². The molecule has 142 valence electrons. The van der Waals surface area contributed by atoms with Gasteiger partial charge in [-0.25, -0.2) is 0 Å². The lowest BCUT2D eigenvalue weighted by molar-refractivity contribution is -0.126. The molecule has 27 heavy (non-hydrogen) atoms. The maximum atomic E-state index is 12.6. The summed E-state index contributed by atoms with van der Waals surface area (Å²) < 4.78 is 5.21. The van der Waals surface area contributed by atoms with Crippen molar-refractivity contribution in [2.24, 2.45) is 5.92 Å². The van der Waals surface area contributed by atoms with Crippen molar-refractivity contribution in [3.63, 3.8) is 0 Å². The number of para-hydroxylation sites is 1. The van der Waals surface area contributed by atoms with E-state index < -0.39 is 0 Å². The van der Waals surface area contributed by atoms with Crippen LogP contribution in [0.5, 0.6) is 0 Å². The zero-order valence-electron chi connectivity index (χ0n) is 15.9. The SMILES string of the molecule is CCc1ccccc1N1CC(C(=O)NCc2ccccc2COC)CC1=O. The molecule has 5 heteroatoms. The van der Waals surface area contributed by atoms with Crippen LogP contribution < -0.4 is 10.2 Å². The van der Waals surface area contributed by atoms with Crippen molar-refractivity contribution in [2.45, 2.75) is 32.9 Å². The molecule has 0 spiro atoms. The minimum absolute atomic E-state index is 0.0100. The average Bonchev–Trinajstić information content (AvgIpc) is 3.09. The van der Waals surface area contributed by atoms with Gasteiger partial charge in [0.25, 0.3) is 0 Å². The maximum Gasteiger partial charge on any atom is 0.227 e. The average molecular weight is 366 g/mol. The molecule has 0 bridgehead atoms. The Hall–Kier alpha value is -2.66. The monoisotopic (exact) mass is 366 g/mol. The van der Waals surface area contributed by atoms with Crippen molar-refractivity contribution in [1.82, 2.24) is 5.32 Å². The van der Waals surface area contributed by atoms with E-state index >= 15 is 0 Å². The predicted molar refractivity (Wildman–Crippen MR) is 105 cm³/mol. The van der Waals surface area contributed by atoms with E-state index in [9.17, 15) is 9.59 Å². The van der Waals surface area contributed by atoms with Crippen LogP contribution in [-0.2, 0) is 33.9 Å². The second-order valence-corrected chi connectivity index (χ2v) is 6.81. The lowest BCUT2D eigenvalue weighted by Gasteiger charge is -2.20. The minimum atomic E-state index is -0.322. The minimum Gasteiger partial charge on any atom is -0.380 e. The molecule has 1 saturated heterocycles. The number of carbonyl (C=O) groups excluding carboxylic acids is 2. The molecule has 5 nitrogen and oxygen atoms in total. The molecule has 2 amide bonds. The Labute approximate surface area is 160 Å². The van der Waals surface area contributed by atoms with Gasteiger partial charge >= 0.3 is 0 Å². The molecule has 3 rings (SSSR count). The van der Waals surface area contributed by atoms with Crippen LogP contribution in [0, 0.1) is 5.92 Å². The number of aryl methyl sites for hydroxylation is 1. The fraction of sp³-hybridized carbons (Fsp3) is 0.364. The first-order chi connectivity index (χ1) is 13.1. The van der Waals surface area contributed by atoms with Gasteiger partial charge in [-0.1, -0.05) is 49.4 Å². The number of nitrogens with one attached hydrogen (secondary N) is 1.